The molecular formula is C17H24BrFN2. The molecule has 1 heterocycles. The van der Waals surface area contributed by atoms with E-state index in [0.29, 0.717) is 11.6 Å². The van der Waals surface area contributed by atoms with Crippen molar-refractivity contribution < 1.29 is 4.39 Å². The third kappa shape index (κ3) is 3.33. The largest absolute Gasteiger partial charge is 0.308 e. The summed E-state index contributed by atoms with van der Waals surface area (Å²) >= 11 is 3.51. The van der Waals surface area contributed by atoms with Crippen LogP contribution >= 0.6 is 15.9 Å². The highest BCUT2D eigenvalue weighted by atomic mass is 79.9. The Morgan fingerprint density at radius 3 is 2.81 bits per heavy atom. The molecule has 2 aliphatic rings. The number of rotatable bonds is 3. The van der Waals surface area contributed by atoms with Gasteiger partial charge in [-0.3, -0.25) is 4.90 Å². The van der Waals surface area contributed by atoms with Crippen molar-refractivity contribution in [3.63, 3.8) is 0 Å². The predicted molar refractivity (Wildman–Crippen MR) is 87.8 cm³/mol. The maximum atomic E-state index is 13.3. The van der Waals surface area contributed by atoms with Crippen LogP contribution in [-0.4, -0.2) is 29.6 Å². The molecule has 21 heavy (non-hydrogen) atoms. The van der Waals surface area contributed by atoms with Crippen LogP contribution < -0.4 is 5.32 Å². The lowest BCUT2D eigenvalue weighted by atomic mass is 9.91. The minimum Gasteiger partial charge on any atom is -0.308 e. The van der Waals surface area contributed by atoms with Crippen molar-refractivity contribution in [1.82, 2.24) is 10.2 Å². The van der Waals surface area contributed by atoms with Crippen LogP contribution in [0.4, 0.5) is 4.39 Å². The van der Waals surface area contributed by atoms with Crippen molar-refractivity contribution in [3.05, 3.63) is 34.1 Å². The lowest BCUT2D eigenvalue weighted by Crippen LogP contribution is -2.62. The highest BCUT2D eigenvalue weighted by Gasteiger charge is 2.40. The summed E-state index contributed by atoms with van der Waals surface area (Å²) in [7, 11) is 0. The first-order chi connectivity index (χ1) is 10.1. The molecule has 0 amide bonds. The van der Waals surface area contributed by atoms with Crippen LogP contribution in [0.1, 0.15) is 44.6 Å². The van der Waals surface area contributed by atoms with Gasteiger partial charge in [-0.15, -0.1) is 0 Å². The number of hydrogen-bond acceptors (Lipinski definition) is 2. The lowest BCUT2D eigenvalue weighted by molar-refractivity contribution is 0.0716. The maximum absolute atomic E-state index is 13.3. The Labute approximate surface area is 135 Å². The van der Waals surface area contributed by atoms with Gasteiger partial charge in [0.2, 0.25) is 0 Å². The van der Waals surface area contributed by atoms with E-state index in [9.17, 15) is 4.39 Å². The minimum absolute atomic E-state index is 0.176. The van der Waals surface area contributed by atoms with Gasteiger partial charge >= 0.3 is 0 Å². The Kier molecular flexibility index (Phi) is 4.67. The van der Waals surface area contributed by atoms with Crippen LogP contribution in [0.15, 0.2) is 22.7 Å². The molecule has 1 N–H and O–H groups in total. The fourth-order valence-corrected chi connectivity index (χ4v) is 4.36. The monoisotopic (exact) mass is 354 g/mol. The second-order valence-corrected chi connectivity index (χ2v) is 7.43. The first-order valence-electron chi connectivity index (χ1n) is 8.05. The Morgan fingerprint density at radius 2 is 2.14 bits per heavy atom. The van der Waals surface area contributed by atoms with E-state index in [1.54, 1.807) is 12.1 Å². The SMILES string of the molecule is CCC1CNC2(CCCC2)CN1Cc1ccc(F)cc1Br. The second-order valence-electron chi connectivity index (χ2n) is 6.57. The van der Waals surface area contributed by atoms with Crippen LogP contribution in [0.25, 0.3) is 0 Å². The molecule has 3 rings (SSSR count). The maximum Gasteiger partial charge on any atom is 0.124 e. The normalized spacial score (nSPS) is 25.6. The molecule has 0 radical (unpaired) electrons. The Bertz CT molecular complexity index is 500. The molecule has 1 aromatic rings. The molecule has 1 aliphatic carbocycles. The molecule has 1 atom stereocenters. The van der Waals surface area contributed by atoms with Gasteiger partial charge in [0.05, 0.1) is 0 Å². The molecule has 4 heteroatoms. The van der Waals surface area contributed by atoms with E-state index in [2.05, 4.69) is 33.1 Å². The van der Waals surface area contributed by atoms with Crippen molar-refractivity contribution in [3.8, 4) is 0 Å². The summed E-state index contributed by atoms with van der Waals surface area (Å²) in [6.07, 6.45) is 6.44. The zero-order valence-corrected chi connectivity index (χ0v) is 14.3. The number of benzene rings is 1. The van der Waals surface area contributed by atoms with E-state index in [0.717, 1.165) is 30.5 Å². The first kappa shape index (κ1) is 15.4. The van der Waals surface area contributed by atoms with Gasteiger partial charge in [-0.2, -0.15) is 0 Å². The summed E-state index contributed by atoms with van der Waals surface area (Å²) < 4.78 is 14.1. The molecule has 1 saturated carbocycles. The summed E-state index contributed by atoms with van der Waals surface area (Å²) in [4.78, 5) is 2.60. The van der Waals surface area contributed by atoms with Crippen LogP contribution in [0.3, 0.4) is 0 Å². The molecule has 0 bridgehead atoms. The zero-order valence-electron chi connectivity index (χ0n) is 12.7. The summed E-state index contributed by atoms with van der Waals surface area (Å²) in [6, 6.07) is 5.63. The van der Waals surface area contributed by atoms with Gasteiger partial charge in [0.15, 0.2) is 0 Å². The van der Waals surface area contributed by atoms with Crippen molar-refractivity contribution >= 4 is 15.9 Å². The predicted octanol–water partition coefficient (Wildman–Crippen LogP) is 4.08. The summed E-state index contributed by atoms with van der Waals surface area (Å²) in [6.45, 7) is 5.36. The molecule has 2 fully saturated rings. The molecule has 116 valence electrons. The van der Waals surface area contributed by atoms with E-state index in [-0.39, 0.29) is 5.82 Å². The molecule has 1 aromatic carbocycles. The first-order valence-corrected chi connectivity index (χ1v) is 8.84. The lowest BCUT2D eigenvalue weighted by Gasteiger charge is -2.46. The Balaban J connectivity index is 1.76. The van der Waals surface area contributed by atoms with E-state index in [4.69, 9.17) is 0 Å². The molecule has 1 spiro atoms. The van der Waals surface area contributed by atoms with Crippen LogP contribution in [0, 0.1) is 5.82 Å². The van der Waals surface area contributed by atoms with Gasteiger partial charge in [0.1, 0.15) is 5.82 Å². The van der Waals surface area contributed by atoms with Crippen molar-refractivity contribution in [2.45, 2.75) is 57.2 Å². The number of hydrogen-bond donors (Lipinski definition) is 1. The summed E-state index contributed by atoms with van der Waals surface area (Å²) in [5.74, 6) is -0.176. The van der Waals surface area contributed by atoms with Crippen molar-refractivity contribution in [2.75, 3.05) is 13.1 Å². The second kappa shape index (κ2) is 6.35. The van der Waals surface area contributed by atoms with Crippen molar-refractivity contribution in [2.24, 2.45) is 0 Å². The molecule has 2 nitrogen and oxygen atoms in total. The summed E-state index contributed by atoms with van der Waals surface area (Å²) in [5, 5.41) is 3.82. The van der Waals surface area contributed by atoms with Gasteiger partial charge in [-0.25, -0.2) is 4.39 Å². The highest BCUT2D eigenvalue weighted by Crippen LogP contribution is 2.34. The van der Waals surface area contributed by atoms with Gasteiger partial charge < -0.3 is 5.32 Å². The number of nitrogens with zero attached hydrogens (tertiary/aromatic N) is 1. The van der Waals surface area contributed by atoms with Gasteiger partial charge in [-0.05, 0) is 37.0 Å². The van der Waals surface area contributed by atoms with E-state index >= 15 is 0 Å². The fourth-order valence-electron chi connectivity index (χ4n) is 3.88. The third-order valence-corrected chi connectivity index (χ3v) is 5.89. The molecule has 0 aromatic heterocycles. The van der Waals surface area contributed by atoms with Gasteiger partial charge in [0, 0.05) is 35.7 Å². The number of halogens is 2. The molecule has 1 aliphatic heterocycles. The quantitative estimate of drug-likeness (QED) is 0.879. The standard InChI is InChI=1S/C17H24BrFN2/c1-2-15-10-20-17(7-3-4-8-17)12-21(15)11-13-5-6-14(19)9-16(13)18/h5-6,9,15,20H,2-4,7-8,10-12H2,1H3. The number of piperazine rings is 1. The Hall–Kier alpha value is -0.450. The van der Waals surface area contributed by atoms with Gasteiger partial charge in [-0.1, -0.05) is 41.8 Å². The van der Waals surface area contributed by atoms with Crippen LogP contribution in [0.5, 0.6) is 0 Å². The number of nitrogens with one attached hydrogen (secondary N) is 1. The van der Waals surface area contributed by atoms with E-state index in [1.807, 2.05) is 6.07 Å². The minimum atomic E-state index is -0.176. The highest BCUT2D eigenvalue weighted by molar-refractivity contribution is 9.10. The summed E-state index contributed by atoms with van der Waals surface area (Å²) in [5.41, 5.74) is 1.52. The van der Waals surface area contributed by atoms with Crippen LogP contribution in [0.2, 0.25) is 0 Å². The van der Waals surface area contributed by atoms with Crippen molar-refractivity contribution in [1.29, 1.82) is 0 Å². The topological polar surface area (TPSA) is 15.3 Å². The average molecular weight is 355 g/mol. The third-order valence-electron chi connectivity index (χ3n) is 5.16. The smallest absolute Gasteiger partial charge is 0.124 e. The van der Waals surface area contributed by atoms with Crippen LogP contribution in [-0.2, 0) is 6.54 Å². The fraction of sp³-hybridized carbons (Fsp3) is 0.647. The van der Waals surface area contributed by atoms with Gasteiger partial charge in [0.25, 0.3) is 0 Å². The molecule has 1 saturated heterocycles. The zero-order chi connectivity index (χ0) is 14.9. The van der Waals surface area contributed by atoms with E-state index < -0.39 is 0 Å². The Morgan fingerprint density at radius 1 is 1.38 bits per heavy atom. The molecule has 1 unspecified atom stereocenters. The molecular weight excluding hydrogens is 331 g/mol. The average Bonchev–Trinajstić information content (AvgIpc) is 2.90. The van der Waals surface area contributed by atoms with E-state index in [1.165, 1.54) is 31.2 Å².